The first-order valence-electron chi connectivity index (χ1n) is 6.39. The van der Waals surface area contributed by atoms with E-state index in [9.17, 15) is 0 Å². The zero-order valence-electron chi connectivity index (χ0n) is 10.2. The van der Waals surface area contributed by atoms with E-state index in [0.717, 1.165) is 12.1 Å². The maximum atomic E-state index is 3.41. The zero-order chi connectivity index (χ0) is 10.7. The van der Waals surface area contributed by atoms with Gasteiger partial charge in [0.1, 0.15) is 0 Å². The molecule has 1 aliphatic carbocycles. The molecular weight excluding hydrogens is 186 g/mol. The van der Waals surface area contributed by atoms with Gasteiger partial charge < -0.3 is 10.2 Å². The van der Waals surface area contributed by atoms with Crippen LogP contribution in [0.15, 0.2) is 0 Å². The molecule has 0 radical (unpaired) electrons. The van der Waals surface area contributed by atoms with Crippen LogP contribution >= 0.6 is 0 Å². The molecule has 0 aromatic carbocycles. The summed E-state index contributed by atoms with van der Waals surface area (Å²) < 4.78 is 0. The average molecular weight is 211 g/mol. The van der Waals surface area contributed by atoms with E-state index in [1.807, 2.05) is 0 Å². The molecule has 1 saturated heterocycles. The van der Waals surface area contributed by atoms with Crippen LogP contribution in [0.25, 0.3) is 0 Å². The van der Waals surface area contributed by atoms with E-state index in [-0.39, 0.29) is 0 Å². The first kappa shape index (κ1) is 11.4. The van der Waals surface area contributed by atoms with Gasteiger partial charge in [0.05, 0.1) is 0 Å². The van der Waals surface area contributed by atoms with E-state index in [1.165, 1.54) is 51.9 Å². The molecule has 88 valence electrons. The number of piperazine rings is 1. The van der Waals surface area contributed by atoms with Crippen LogP contribution in [0.2, 0.25) is 0 Å². The molecule has 0 amide bonds. The molecule has 2 fully saturated rings. The number of rotatable bonds is 2. The van der Waals surface area contributed by atoms with Gasteiger partial charge in [-0.3, -0.25) is 4.90 Å². The van der Waals surface area contributed by atoms with E-state index in [1.54, 1.807) is 0 Å². The minimum absolute atomic E-state index is 0.786. The first-order valence-corrected chi connectivity index (χ1v) is 6.39. The zero-order valence-corrected chi connectivity index (χ0v) is 10.2. The standard InChI is InChI=1S/C12H25N3/c1-13-11-3-5-12(6-4-11)15-9-7-14(2)8-10-15/h11-13H,3-10H2,1-2H3. The summed E-state index contributed by atoms with van der Waals surface area (Å²) in [7, 11) is 4.33. The Kier molecular flexibility index (Phi) is 4.00. The summed E-state index contributed by atoms with van der Waals surface area (Å²) in [6.07, 6.45) is 5.53. The van der Waals surface area contributed by atoms with Crippen molar-refractivity contribution in [1.82, 2.24) is 15.1 Å². The number of hydrogen-bond donors (Lipinski definition) is 1. The van der Waals surface area contributed by atoms with Crippen molar-refractivity contribution in [2.75, 3.05) is 40.3 Å². The van der Waals surface area contributed by atoms with Gasteiger partial charge in [0.15, 0.2) is 0 Å². The fraction of sp³-hybridized carbons (Fsp3) is 1.00. The SMILES string of the molecule is CNC1CCC(N2CCN(C)CC2)CC1. The van der Waals surface area contributed by atoms with Gasteiger partial charge in [0.2, 0.25) is 0 Å². The third-order valence-corrected chi connectivity index (χ3v) is 4.16. The molecule has 0 atom stereocenters. The van der Waals surface area contributed by atoms with Gasteiger partial charge in [-0.1, -0.05) is 0 Å². The van der Waals surface area contributed by atoms with Crippen molar-refractivity contribution in [2.45, 2.75) is 37.8 Å². The molecule has 15 heavy (non-hydrogen) atoms. The van der Waals surface area contributed by atoms with E-state index >= 15 is 0 Å². The smallest absolute Gasteiger partial charge is 0.0113 e. The third-order valence-electron chi connectivity index (χ3n) is 4.16. The lowest BCUT2D eigenvalue weighted by molar-refractivity contribution is 0.0860. The average Bonchev–Trinajstić information content (AvgIpc) is 2.30. The van der Waals surface area contributed by atoms with E-state index in [4.69, 9.17) is 0 Å². The van der Waals surface area contributed by atoms with E-state index in [0.29, 0.717) is 0 Å². The normalized spacial score (nSPS) is 35.6. The largest absolute Gasteiger partial charge is 0.317 e. The maximum absolute atomic E-state index is 3.41. The second-order valence-electron chi connectivity index (χ2n) is 5.13. The summed E-state index contributed by atoms with van der Waals surface area (Å²) in [6, 6.07) is 1.66. The van der Waals surface area contributed by atoms with Crippen LogP contribution in [0.3, 0.4) is 0 Å². The number of hydrogen-bond acceptors (Lipinski definition) is 3. The topological polar surface area (TPSA) is 18.5 Å². The fourth-order valence-corrected chi connectivity index (χ4v) is 2.92. The van der Waals surface area contributed by atoms with Crippen LogP contribution in [0.4, 0.5) is 0 Å². The summed E-state index contributed by atoms with van der Waals surface area (Å²) >= 11 is 0. The molecule has 0 spiro atoms. The molecular formula is C12H25N3. The second-order valence-corrected chi connectivity index (χ2v) is 5.13. The molecule has 1 heterocycles. The lowest BCUT2D eigenvalue weighted by atomic mass is 9.90. The van der Waals surface area contributed by atoms with Gasteiger partial charge in [-0.2, -0.15) is 0 Å². The number of nitrogens with one attached hydrogen (secondary N) is 1. The molecule has 0 unspecified atom stereocenters. The Balaban J connectivity index is 1.75. The van der Waals surface area contributed by atoms with Crippen molar-refractivity contribution in [1.29, 1.82) is 0 Å². The van der Waals surface area contributed by atoms with Crippen molar-refractivity contribution in [3.8, 4) is 0 Å². The molecule has 0 aromatic rings. The Morgan fingerprint density at radius 1 is 0.933 bits per heavy atom. The van der Waals surface area contributed by atoms with Crippen molar-refractivity contribution < 1.29 is 0 Å². The van der Waals surface area contributed by atoms with Gasteiger partial charge in [0, 0.05) is 38.3 Å². The van der Waals surface area contributed by atoms with Crippen LogP contribution < -0.4 is 5.32 Å². The molecule has 2 aliphatic rings. The highest BCUT2D eigenvalue weighted by Gasteiger charge is 2.26. The predicted molar refractivity (Wildman–Crippen MR) is 64.2 cm³/mol. The number of nitrogens with zero attached hydrogens (tertiary/aromatic N) is 2. The highest BCUT2D eigenvalue weighted by Crippen LogP contribution is 2.23. The van der Waals surface area contributed by atoms with Crippen molar-refractivity contribution in [3.63, 3.8) is 0 Å². The molecule has 2 rings (SSSR count). The summed E-state index contributed by atoms with van der Waals surface area (Å²) in [6.45, 7) is 5.08. The molecule has 3 nitrogen and oxygen atoms in total. The number of likely N-dealkylation sites (N-methyl/N-ethyl adjacent to an activating group) is 1. The molecule has 0 aromatic heterocycles. The fourth-order valence-electron chi connectivity index (χ4n) is 2.92. The second kappa shape index (κ2) is 5.28. The Bertz CT molecular complexity index is 179. The molecule has 3 heteroatoms. The quantitative estimate of drug-likeness (QED) is 0.728. The van der Waals surface area contributed by atoms with E-state index in [2.05, 4.69) is 29.2 Å². The van der Waals surface area contributed by atoms with Crippen LogP contribution in [0.5, 0.6) is 0 Å². The first-order chi connectivity index (χ1) is 7.29. The summed E-state index contributed by atoms with van der Waals surface area (Å²) in [5.74, 6) is 0. The Labute approximate surface area is 93.8 Å². The third kappa shape index (κ3) is 2.92. The molecule has 0 bridgehead atoms. The Hall–Kier alpha value is -0.120. The lowest BCUT2D eigenvalue weighted by Gasteiger charge is -2.41. The Morgan fingerprint density at radius 3 is 2.07 bits per heavy atom. The van der Waals surface area contributed by atoms with Crippen molar-refractivity contribution in [3.05, 3.63) is 0 Å². The highest BCUT2D eigenvalue weighted by atomic mass is 15.3. The van der Waals surface area contributed by atoms with Gasteiger partial charge >= 0.3 is 0 Å². The summed E-state index contributed by atoms with van der Waals surface area (Å²) in [5.41, 5.74) is 0. The van der Waals surface area contributed by atoms with Gasteiger partial charge in [-0.25, -0.2) is 0 Å². The van der Waals surface area contributed by atoms with Gasteiger partial charge in [-0.15, -0.1) is 0 Å². The summed E-state index contributed by atoms with van der Waals surface area (Å²) in [4.78, 5) is 5.15. The molecule has 1 saturated carbocycles. The minimum atomic E-state index is 0.786. The van der Waals surface area contributed by atoms with Crippen LogP contribution in [-0.2, 0) is 0 Å². The molecule has 1 aliphatic heterocycles. The lowest BCUT2D eigenvalue weighted by Crippen LogP contribution is -2.50. The monoisotopic (exact) mass is 211 g/mol. The van der Waals surface area contributed by atoms with Crippen molar-refractivity contribution in [2.24, 2.45) is 0 Å². The maximum Gasteiger partial charge on any atom is 0.0113 e. The van der Waals surface area contributed by atoms with Crippen LogP contribution in [-0.4, -0.2) is 62.2 Å². The Morgan fingerprint density at radius 2 is 1.53 bits per heavy atom. The van der Waals surface area contributed by atoms with Crippen LogP contribution in [0, 0.1) is 0 Å². The minimum Gasteiger partial charge on any atom is -0.317 e. The van der Waals surface area contributed by atoms with Crippen molar-refractivity contribution >= 4 is 0 Å². The predicted octanol–water partition coefficient (Wildman–Crippen LogP) is 0.764. The van der Waals surface area contributed by atoms with Gasteiger partial charge in [0.25, 0.3) is 0 Å². The summed E-state index contributed by atoms with van der Waals surface area (Å²) in [5, 5.41) is 3.41. The highest BCUT2D eigenvalue weighted by molar-refractivity contribution is 4.84. The van der Waals surface area contributed by atoms with E-state index < -0.39 is 0 Å². The molecule has 1 N–H and O–H groups in total. The van der Waals surface area contributed by atoms with Crippen LogP contribution in [0.1, 0.15) is 25.7 Å². The van der Waals surface area contributed by atoms with Gasteiger partial charge in [-0.05, 0) is 39.8 Å².